The molecule has 0 spiro atoms. The van der Waals surface area contributed by atoms with Crippen molar-refractivity contribution in [1.82, 2.24) is 0 Å². The third-order valence-corrected chi connectivity index (χ3v) is 4.64. The zero-order valence-corrected chi connectivity index (χ0v) is 16.7. The van der Waals surface area contributed by atoms with Crippen LogP contribution in [0.4, 0.5) is 5.69 Å². The van der Waals surface area contributed by atoms with Gasteiger partial charge >= 0.3 is 0 Å². The van der Waals surface area contributed by atoms with Crippen LogP contribution in [0.2, 0.25) is 0 Å². The van der Waals surface area contributed by atoms with Crippen LogP contribution in [0.5, 0.6) is 17.2 Å². The van der Waals surface area contributed by atoms with Crippen molar-refractivity contribution in [1.29, 1.82) is 0 Å². The number of ether oxygens (including phenoxy) is 3. The standard InChI is InChI=1S/C24H21NO5/c1-27-18-9-11-21(23(14-18)28-2)25-24(26)22-12-10-20(30-22)15-29-19-8-7-16-5-3-4-6-17(16)13-19/h3-14H,15H2,1-2H3,(H,25,26). The summed E-state index contributed by atoms with van der Waals surface area (Å²) in [6.07, 6.45) is 0. The molecule has 4 rings (SSSR count). The van der Waals surface area contributed by atoms with Crippen LogP contribution < -0.4 is 19.5 Å². The number of furan rings is 1. The third kappa shape index (κ3) is 4.22. The van der Waals surface area contributed by atoms with E-state index in [1.54, 1.807) is 37.4 Å². The first-order valence-corrected chi connectivity index (χ1v) is 9.40. The Bertz CT molecular complexity index is 1180. The lowest BCUT2D eigenvalue weighted by molar-refractivity contribution is 0.0992. The molecule has 1 aromatic heterocycles. The van der Waals surface area contributed by atoms with Crippen molar-refractivity contribution >= 4 is 22.4 Å². The van der Waals surface area contributed by atoms with Gasteiger partial charge in [-0.3, -0.25) is 4.79 Å². The Morgan fingerprint density at radius 1 is 0.867 bits per heavy atom. The minimum absolute atomic E-state index is 0.185. The Morgan fingerprint density at radius 3 is 2.47 bits per heavy atom. The molecule has 0 unspecified atom stereocenters. The lowest BCUT2D eigenvalue weighted by atomic mass is 10.1. The van der Waals surface area contributed by atoms with Crippen molar-refractivity contribution in [2.75, 3.05) is 19.5 Å². The fraction of sp³-hybridized carbons (Fsp3) is 0.125. The Balaban J connectivity index is 1.41. The molecule has 1 heterocycles. The molecule has 0 bridgehead atoms. The van der Waals surface area contributed by atoms with Gasteiger partial charge in [0.2, 0.25) is 0 Å². The highest BCUT2D eigenvalue weighted by Crippen LogP contribution is 2.29. The van der Waals surface area contributed by atoms with Gasteiger partial charge in [0.15, 0.2) is 5.76 Å². The highest BCUT2D eigenvalue weighted by molar-refractivity contribution is 6.03. The average Bonchev–Trinajstić information content (AvgIpc) is 3.27. The van der Waals surface area contributed by atoms with E-state index < -0.39 is 0 Å². The third-order valence-electron chi connectivity index (χ3n) is 4.64. The molecule has 0 aliphatic rings. The molecule has 0 saturated heterocycles. The largest absolute Gasteiger partial charge is 0.497 e. The normalized spacial score (nSPS) is 10.6. The quantitative estimate of drug-likeness (QED) is 0.455. The predicted octanol–water partition coefficient (Wildman–Crippen LogP) is 5.28. The summed E-state index contributed by atoms with van der Waals surface area (Å²) in [5, 5.41) is 5.03. The highest BCUT2D eigenvalue weighted by atomic mass is 16.5. The number of carbonyl (C=O) groups excluding carboxylic acids is 1. The molecule has 0 fully saturated rings. The summed E-state index contributed by atoms with van der Waals surface area (Å²) in [4.78, 5) is 12.5. The fourth-order valence-electron chi connectivity index (χ4n) is 3.07. The Kier molecular flexibility index (Phi) is 5.57. The minimum Gasteiger partial charge on any atom is -0.497 e. The van der Waals surface area contributed by atoms with Gasteiger partial charge in [0.05, 0.1) is 19.9 Å². The molecule has 4 aromatic rings. The summed E-state index contributed by atoms with van der Waals surface area (Å²) in [5.74, 6) is 2.22. The highest BCUT2D eigenvalue weighted by Gasteiger charge is 2.15. The van der Waals surface area contributed by atoms with Gasteiger partial charge in [-0.25, -0.2) is 0 Å². The van der Waals surface area contributed by atoms with Crippen LogP contribution >= 0.6 is 0 Å². The van der Waals surface area contributed by atoms with Gasteiger partial charge in [-0.15, -0.1) is 0 Å². The number of hydrogen-bond donors (Lipinski definition) is 1. The molecule has 1 N–H and O–H groups in total. The number of nitrogens with one attached hydrogen (secondary N) is 1. The van der Waals surface area contributed by atoms with E-state index in [0.29, 0.717) is 22.9 Å². The zero-order valence-electron chi connectivity index (χ0n) is 16.7. The van der Waals surface area contributed by atoms with E-state index in [0.717, 1.165) is 16.5 Å². The van der Waals surface area contributed by atoms with Gasteiger partial charge in [0.1, 0.15) is 29.6 Å². The van der Waals surface area contributed by atoms with E-state index in [4.69, 9.17) is 18.6 Å². The van der Waals surface area contributed by atoms with Crippen LogP contribution in [0.1, 0.15) is 16.3 Å². The van der Waals surface area contributed by atoms with Gasteiger partial charge in [0, 0.05) is 6.07 Å². The summed E-state index contributed by atoms with van der Waals surface area (Å²) in [7, 11) is 3.09. The zero-order chi connectivity index (χ0) is 20.9. The van der Waals surface area contributed by atoms with Crippen LogP contribution in [0.15, 0.2) is 77.2 Å². The Labute approximate surface area is 174 Å². The number of methoxy groups -OCH3 is 2. The molecule has 30 heavy (non-hydrogen) atoms. The van der Waals surface area contributed by atoms with Crippen molar-refractivity contribution < 1.29 is 23.4 Å². The molecule has 3 aromatic carbocycles. The van der Waals surface area contributed by atoms with Gasteiger partial charge in [-0.2, -0.15) is 0 Å². The summed E-state index contributed by atoms with van der Waals surface area (Å²) in [6, 6.07) is 22.4. The first kappa shape index (κ1) is 19.4. The summed E-state index contributed by atoms with van der Waals surface area (Å²) < 4.78 is 21.9. The molecule has 0 atom stereocenters. The molecular formula is C24H21NO5. The molecule has 6 heteroatoms. The number of anilines is 1. The first-order valence-electron chi connectivity index (χ1n) is 9.40. The SMILES string of the molecule is COc1ccc(NC(=O)c2ccc(COc3ccc4ccccc4c3)o2)c(OC)c1. The Hall–Kier alpha value is -3.93. The number of rotatable bonds is 7. The smallest absolute Gasteiger partial charge is 0.291 e. The number of amides is 1. The van der Waals surface area contributed by atoms with Gasteiger partial charge < -0.3 is 23.9 Å². The van der Waals surface area contributed by atoms with Gasteiger partial charge in [-0.05, 0) is 47.2 Å². The number of benzene rings is 3. The van der Waals surface area contributed by atoms with Crippen molar-refractivity contribution in [2.24, 2.45) is 0 Å². The van der Waals surface area contributed by atoms with Crippen molar-refractivity contribution in [2.45, 2.75) is 6.61 Å². The Morgan fingerprint density at radius 2 is 1.67 bits per heavy atom. The van der Waals surface area contributed by atoms with Crippen LogP contribution in [-0.2, 0) is 6.61 Å². The van der Waals surface area contributed by atoms with Crippen molar-refractivity contribution in [3.05, 3.63) is 84.3 Å². The van der Waals surface area contributed by atoms with E-state index in [1.165, 1.54) is 7.11 Å². The number of fused-ring (bicyclic) bond motifs is 1. The maximum Gasteiger partial charge on any atom is 0.291 e. The van der Waals surface area contributed by atoms with Crippen LogP contribution in [0, 0.1) is 0 Å². The topological polar surface area (TPSA) is 69.9 Å². The number of carbonyl (C=O) groups is 1. The van der Waals surface area contributed by atoms with E-state index in [-0.39, 0.29) is 18.3 Å². The lowest BCUT2D eigenvalue weighted by Gasteiger charge is -2.10. The van der Waals surface area contributed by atoms with Crippen molar-refractivity contribution in [3.8, 4) is 17.2 Å². The molecule has 0 aliphatic carbocycles. The van der Waals surface area contributed by atoms with E-state index >= 15 is 0 Å². The molecule has 0 saturated carbocycles. The van der Waals surface area contributed by atoms with Crippen LogP contribution in [0.3, 0.4) is 0 Å². The molecular weight excluding hydrogens is 382 g/mol. The second-order valence-electron chi connectivity index (χ2n) is 6.58. The van der Waals surface area contributed by atoms with Crippen molar-refractivity contribution in [3.63, 3.8) is 0 Å². The lowest BCUT2D eigenvalue weighted by Crippen LogP contribution is -2.11. The average molecular weight is 403 g/mol. The molecule has 0 radical (unpaired) electrons. The summed E-state index contributed by atoms with van der Waals surface area (Å²) >= 11 is 0. The molecule has 1 amide bonds. The van der Waals surface area contributed by atoms with E-state index in [2.05, 4.69) is 5.32 Å². The van der Waals surface area contributed by atoms with Crippen LogP contribution in [-0.4, -0.2) is 20.1 Å². The molecule has 152 valence electrons. The summed E-state index contributed by atoms with van der Waals surface area (Å²) in [6.45, 7) is 0.220. The number of hydrogen-bond acceptors (Lipinski definition) is 5. The molecule has 0 aliphatic heterocycles. The summed E-state index contributed by atoms with van der Waals surface area (Å²) in [5.41, 5.74) is 0.522. The first-order chi connectivity index (χ1) is 14.7. The predicted molar refractivity (Wildman–Crippen MR) is 114 cm³/mol. The van der Waals surface area contributed by atoms with E-state index in [1.807, 2.05) is 42.5 Å². The maximum absolute atomic E-state index is 12.5. The molecule has 6 nitrogen and oxygen atoms in total. The van der Waals surface area contributed by atoms with Gasteiger partial charge in [-0.1, -0.05) is 30.3 Å². The van der Waals surface area contributed by atoms with Crippen LogP contribution in [0.25, 0.3) is 10.8 Å². The fourth-order valence-corrected chi connectivity index (χ4v) is 3.07. The maximum atomic E-state index is 12.5. The second kappa shape index (κ2) is 8.61. The van der Waals surface area contributed by atoms with E-state index in [9.17, 15) is 4.79 Å². The minimum atomic E-state index is -0.379. The second-order valence-corrected chi connectivity index (χ2v) is 6.58. The monoisotopic (exact) mass is 403 g/mol. The van der Waals surface area contributed by atoms with Gasteiger partial charge in [0.25, 0.3) is 5.91 Å².